The normalized spacial score (nSPS) is 24.5. The Morgan fingerprint density at radius 1 is 1.27 bits per heavy atom. The van der Waals surface area contributed by atoms with Crippen LogP contribution in [0, 0.1) is 0 Å². The minimum atomic E-state index is -0.832. The first kappa shape index (κ1) is 19.2. The van der Waals surface area contributed by atoms with Gasteiger partial charge in [0.2, 0.25) is 0 Å². The number of hydrogen-bond donors (Lipinski definition) is 1. The molecule has 2 aliphatic rings. The van der Waals surface area contributed by atoms with Crippen LogP contribution >= 0.6 is 0 Å². The zero-order valence-corrected chi connectivity index (χ0v) is 16.6. The van der Waals surface area contributed by atoms with E-state index in [4.69, 9.17) is 0 Å². The third-order valence-electron chi connectivity index (χ3n) is 6.52. The van der Waals surface area contributed by atoms with Crippen molar-refractivity contribution in [3.05, 3.63) is 29.3 Å². The largest absolute Gasteiger partial charge is 0.465 e. The van der Waals surface area contributed by atoms with Crippen molar-refractivity contribution in [3.63, 3.8) is 0 Å². The van der Waals surface area contributed by atoms with Gasteiger partial charge in [-0.2, -0.15) is 0 Å². The third kappa shape index (κ3) is 3.62. The van der Waals surface area contributed by atoms with Gasteiger partial charge in [-0.25, -0.2) is 4.79 Å². The predicted octanol–water partition coefficient (Wildman–Crippen LogP) is 5.57. The summed E-state index contributed by atoms with van der Waals surface area (Å²) in [5.41, 5.74) is 3.85. The van der Waals surface area contributed by atoms with Gasteiger partial charge < -0.3 is 5.11 Å². The van der Waals surface area contributed by atoms with Gasteiger partial charge in [-0.05, 0) is 61.0 Å². The zero-order chi connectivity index (χ0) is 18.7. The molecule has 144 valence electrons. The predicted molar refractivity (Wildman–Crippen MR) is 107 cm³/mol. The number of benzene rings is 1. The van der Waals surface area contributed by atoms with Crippen LogP contribution in [0.4, 0.5) is 10.5 Å². The standard InChI is InChI=1S/C22H34N2O2/c1-4-6-7-8-9-13-24(21(25)26)17-10-11-18-19(15-17)22(3)12-14-23(5-2)20(18)16-22/h10-11,15,20H,4-9,12-14,16H2,1-3H3,(H,25,26). The fourth-order valence-electron chi connectivity index (χ4n) is 4.87. The van der Waals surface area contributed by atoms with Crippen LogP contribution in [-0.4, -0.2) is 35.7 Å². The quantitative estimate of drug-likeness (QED) is 0.618. The highest BCUT2D eigenvalue weighted by atomic mass is 16.4. The summed E-state index contributed by atoms with van der Waals surface area (Å²) >= 11 is 0. The maximum atomic E-state index is 11.8. The summed E-state index contributed by atoms with van der Waals surface area (Å²) in [7, 11) is 0. The van der Waals surface area contributed by atoms with E-state index in [1.165, 1.54) is 36.8 Å². The van der Waals surface area contributed by atoms with Gasteiger partial charge in [-0.1, -0.05) is 52.5 Å². The second-order valence-corrected chi connectivity index (χ2v) is 8.28. The first-order valence-corrected chi connectivity index (χ1v) is 10.4. The molecule has 1 saturated heterocycles. The lowest BCUT2D eigenvalue weighted by Gasteiger charge is -2.37. The smallest absolute Gasteiger partial charge is 0.411 e. The van der Waals surface area contributed by atoms with Crippen LogP contribution < -0.4 is 4.90 Å². The Bertz CT molecular complexity index is 645. The van der Waals surface area contributed by atoms with Crippen molar-refractivity contribution in [1.29, 1.82) is 0 Å². The maximum absolute atomic E-state index is 11.8. The zero-order valence-electron chi connectivity index (χ0n) is 16.6. The van der Waals surface area contributed by atoms with E-state index in [9.17, 15) is 9.90 Å². The second kappa shape index (κ2) is 7.99. The summed E-state index contributed by atoms with van der Waals surface area (Å²) in [5, 5.41) is 9.73. The number of rotatable bonds is 8. The van der Waals surface area contributed by atoms with Gasteiger partial charge in [-0.15, -0.1) is 0 Å². The van der Waals surface area contributed by atoms with Crippen molar-refractivity contribution in [3.8, 4) is 0 Å². The van der Waals surface area contributed by atoms with E-state index in [-0.39, 0.29) is 5.41 Å². The summed E-state index contributed by atoms with van der Waals surface area (Å²) in [5.74, 6) is 0. The molecular formula is C22H34N2O2. The average Bonchev–Trinajstić information content (AvgIpc) is 2.86. The van der Waals surface area contributed by atoms with Crippen molar-refractivity contribution in [2.45, 2.75) is 77.2 Å². The van der Waals surface area contributed by atoms with E-state index in [0.29, 0.717) is 12.6 Å². The van der Waals surface area contributed by atoms with E-state index < -0.39 is 6.09 Å². The van der Waals surface area contributed by atoms with E-state index in [2.05, 4.69) is 37.8 Å². The van der Waals surface area contributed by atoms with Gasteiger partial charge in [0.05, 0.1) is 0 Å². The van der Waals surface area contributed by atoms with Crippen molar-refractivity contribution in [1.82, 2.24) is 4.90 Å². The molecule has 0 aromatic heterocycles. The van der Waals surface area contributed by atoms with Crippen LogP contribution in [-0.2, 0) is 5.41 Å². The van der Waals surface area contributed by atoms with Gasteiger partial charge >= 0.3 is 6.09 Å². The maximum Gasteiger partial charge on any atom is 0.411 e. The lowest BCUT2D eigenvalue weighted by atomic mass is 9.79. The Labute approximate surface area is 158 Å². The molecule has 0 spiro atoms. The van der Waals surface area contributed by atoms with Crippen LogP contribution in [0.15, 0.2) is 18.2 Å². The van der Waals surface area contributed by atoms with Gasteiger partial charge in [0.15, 0.2) is 0 Å². The summed E-state index contributed by atoms with van der Waals surface area (Å²) < 4.78 is 0. The minimum absolute atomic E-state index is 0.201. The van der Waals surface area contributed by atoms with E-state index >= 15 is 0 Å². The number of likely N-dealkylation sites (tertiary alicyclic amines) is 1. The molecule has 1 aliphatic heterocycles. The van der Waals surface area contributed by atoms with Crippen LogP contribution in [0.2, 0.25) is 0 Å². The topological polar surface area (TPSA) is 43.8 Å². The molecule has 1 aromatic rings. The number of hydrogen-bond acceptors (Lipinski definition) is 2. The Hall–Kier alpha value is -1.55. The molecule has 3 rings (SSSR count). The van der Waals surface area contributed by atoms with Crippen LogP contribution in [0.5, 0.6) is 0 Å². The molecule has 1 amide bonds. The molecule has 2 bridgehead atoms. The number of carboxylic acid groups (broad SMARTS) is 1. The summed E-state index contributed by atoms with van der Waals surface area (Å²) in [6, 6.07) is 6.91. The van der Waals surface area contributed by atoms with E-state index in [0.717, 1.165) is 38.0 Å². The van der Waals surface area contributed by atoms with E-state index in [1.54, 1.807) is 4.90 Å². The van der Waals surface area contributed by atoms with Gasteiger partial charge in [0.25, 0.3) is 0 Å². The van der Waals surface area contributed by atoms with Crippen LogP contribution in [0.3, 0.4) is 0 Å². The lowest BCUT2D eigenvalue weighted by molar-refractivity contribution is 0.129. The Morgan fingerprint density at radius 2 is 2.04 bits per heavy atom. The fourth-order valence-corrected chi connectivity index (χ4v) is 4.87. The number of unbranched alkanes of at least 4 members (excludes halogenated alkanes) is 4. The molecular weight excluding hydrogens is 324 g/mol. The highest BCUT2D eigenvalue weighted by Gasteiger charge is 2.46. The minimum Gasteiger partial charge on any atom is -0.465 e. The SMILES string of the molecule is CCCCCCCN(C(=O)O)c1ccc2c(c1)C1(C)CCN(CC)C2C1. The van der Waals surface area contributed by atoms with Crippen LogP contribution in [0.1, 0.15) is 82.9 Å². The molecule has 1 N–H and O–H groups in total. The van der Waals surface area contributed by atoms with Gasteiger partial charge in [-0.3, -0.25) is 9.80 Å². The summed E-state index contributed by atoms with van der Waals surface area (Å²) in [6.07, 6.45) is 7.19. The molecule has 1 heterocycles. The molecule has 0 saturated carbocycles. The first-order chi connectivity index (χ1) is 12.5. The molecule has 1 aromatic carbocycles. The third-order valence-corrected chi connectivity index (χ3v) is 6.52. The molecule has 4 heteroatoms. The van der Waals surface area contributed by atoms with Crippen molar-refractivity contribution < 1.29 is 9.90 Å². The number of amides is 1. The van der Waals surface area contributed by atoms with Crippen molar-refractivity contribution >= 4 is 11.8 Å². The van der Waals surface area contributed by atoms with Gasteiger partial charge in [0, 0.05) is 18.3 Å². The molecule has 1 fully saturated rings. The Kier molecular flexibility index (Phi) is 5.91. The Morgan fingerprint density at radius 3 is 2.73 bits per heavy atom. The summed E-state index contributed by atoms with van der Waals surface area (Å²) in [4.78, 5) is 16.0. The Balaban J connectivity index is 1.79. The fraction of sp³-hybridized carbons (Fsp3) is 0.682. The number of anilines is 1. The number of piperidine rings is 1. The van der Waals surface area contributed by atoms with Crippen molar-refractivity contribution in [2.24, 2.45) is 0 Å². The first-order valence-electron chi connectivity index (χ1n) is 10.4. The molecule has 2 unspecified atom stereocenters. The molecule has 4 nitrogen and oxygen atoms in total. The highest BCUT2D eigenvalue weighted by Crippen LogP contribution is 2.53. The molecule has 1 aliphatic carbocycles. The second-order valence-electron chi connectivity index (χ2n) is 8.28. The summed E-state index contributed by atoms with van der Waals surface area (Å²) in [6.45, 7) is 9.62. The average molecular weight is 359 g/mol. The molecule has 0 radical (unpaired) electrons. The van der Waals surface area contributed by atoms with Gasteiger partial charge in [0.1, 0.15) is 0 Å². The van der Waals surface area contributed by atoms with E-state index in [1.807, 2.05) is 6.07 Å². The monoisotopic (exact) mass is 358 g/mol. The highest BCUT2D eigenvalue weighted by molar-refractivity contribution is 5.86. The van der Waals surface area contributed by atoms with Crippen LogP contribution in [0.25, 0.3) is 0 Å². The van der Waals surface area contributed by atoms with Crippen molar-refractivity contribution in [2.75, 3.05) is 24.5 Å². The molecule has 2 atom stereocenters. The number of fused-ring (bicyclic) bond motifs is 5. The molecule has 26 heavy (non-hydrogen) atoms. The number of nitrogens with zero attached hydrogens (tertiary/aromatic N) is 2. The number of carbonyl (C=O) groups is 1. The lowest BCUT2D eigenvalue weighted by Crippen LogP contribution is -2.37.